The van der Waals surface area contributed by atoms with E-state index in [1.54, 1.807) is 0 Å². The van der Waals surface area contributed by atoms with Crippen LogP contribution in [0.25, 0.3) is 0 Å². The molecule has 1 unspecified atom stereocenters. The van der Waals surface area contributed by atoms with E-state index in [2.05, 4.69) is 41.3 Å². The van der Waals surface area contributed by atoms with Crippen molar-refractivity contribution in [3.05, 3.63) is 29.6 Å². The number of pyridine rings is 1. The summed E-state index contributed by atoms with van der Waals surface area (Å²) in [6, 6.07) is 6.25. The monoisotopic (exact) mass is 233 g/mol. The van der Waals surface area contributed by atoms with Crippen LogP contribution in [0.1, 0.15) is 18.3 Å². The van der Waals surface area contributed by atoms with Crippen LogP contribution in [0.3, 0.4) is 0 Å². The van der Waals surface area contributed by atoms with Gasteiger partial charge in [0.2, 0.25) is 0 Å². The van der Waals surface area contributed by atoms with E-state index in [4.69, 9.17) is 0 Å². The van der Waals surface area contributed by atoms with Gasteiger partial charge >= 0.3 is 0 Å². The highest BCUT2D eigenvalue weighted by Gasteiger charge is 2.24. The van der Waals surface area contributed by atoms with Crippen LogP contribution < -0.4 is 5.32 Å². The molecular formula is C14H23N3. The molecule has 1 fully saturated rings. The summed E-state index contributed by atoms with van der Waals surface area (Å²) in [5.74, 6) is 1.63. The van der Waals surface area contributed by atoms with E-state index in [1.165, 1.54) is 18.8 Å². The van der Waals surface area contributed by atoms with Crippen LogP contribution in [-0.2, 0) is 6.54 Å². The average Bonchev–Trinajstić information content (AvgIpc) is 2.13. The van der Waals surface area contributed by atoms with Gasteiger partial charge in [0.15, 0.2) is 0 Å². The molecule has 2 rings (SSSR count). The Labute approximate surface area is 104 Å². The second-order valence-corrected chi connectivity index (χ2v) is 5.36. The van der Waals surface area contributed by atoms with Crippen LogP contribution in [0, 0.1) is 18.8 Å². The van der Waals surface area contributed by atoms with Crippen molar-refractivity contribution in [2.24, 2.45) is 11.8 Å². The highest BCUT2D eigenvalue weighted by Crippen LogP contribution is 2.17. The van der Waals surface area contributed by atoms with Crippen molar-refractivity contribution in [2.45, 2.75) is 20.4 Å². The molecule has 1 aromatic rings. The molecule has 0 spiro atoms. The van der Waals surface area contributed by atoms with E-state index >= 15 is 0 Å². The third-order valence-electron chi connectivity index (χ3n) is 3.60. The van der Waals surface area contributed by atoms with E-state index in [-0.39, 0.29) is 0 Å². The fourth-order valence-corrected chi connectivity index (χ4v) is 2.38. The quantitative estimate of drug-likeness (QED) is 0.838. The van der Waals surface area contributed by atoms with E-state index in [9.17, 15) is 0 Å². The minimum absolute atomic E-state index is 0.769. The lowest BCUT2D eigenvalue weighted by atomic mass is 9.88. The highest BCUT2D eigenvalue weighted by atomic mass is 15.1. The van der Waals surface area contributed by atoms with Gasteiger partial charge in [0, 0.05) is 18.8 Å². The molecule has 3 nitrogen and oxygen atoms in total. The number of hydrogen-bond acceptors (Lipinski definition) is 3. The first kappa shape index (κ1) is 12.5. The third-order valence-corrected chi connectivity index (χ3v) is 3.60. The Morgan fingerprint density at radius 2 is 2.24 bits per heavy atom. The predicted molar refractivity (Wildman–Crippen MR) is 70.8 cm³/mol. The Bertz CT molecular complexity index is 360. The van der Waals surface area contributed by atoms with Crippen molar-refractivity contribution in [3.8, 4) is 0 Å². The molecule has 2 heterocycles. The molecule has 0 aromatic carbocycles. The zero-order chi connectivity index (χ0) is 12.3. The molecule has 0 amide bonds. The molecular weight excluding hydrogens is 210 g/mol. The van der Waals surface area contributed by atoms with Crippen molar-refractivity contribution in [1.29, 1.82) is 0 Å². The summed E-state index contributed by atoms with van der Waals surface area (Å²) in [4.78, 5) is 6.93. The van der Waals surface area contributed by atoms with Crippen molar-refractivity contribution in [2.75, 3.05) is 26.7 Å². The maximum atomic E-state index is 4.55. The first-order chi connectivity index (χ1) is 8.15. The van der Waals surface area contributed by atoms with Crippen LogP contribution in [0.15, 0.2) is 18.2 Å². The van der Waals surface area contributed by atoms with Crippen molar-refractivity contribution in [3.63, 3.8) is 0 Å². The van der Waals surface area contributed by atoms with E-state index < -0.39 is 0 Å². The number of rotatable bonds is 5. The van der Waals surface area contributed by atoms with Gasteiger partial charge in [-0.25, -0.2) is 0 Å². The van der Waals surface area contributed by atoms with Gasteiger partial charge in [-0.1, -0.05) is 13.0 Å². The number of aromatic nitrogens is 1. The van der Waals surface area contributed by atoms with Crippen LogP contribution in [0.2, 0.25) is 0 Å². The maximum Gasteiger partial charge on any atom is 0.0547 e. The summed E-state index contributed by atoms with van der Waals surface area (Å²) in [5.41, 5.74) is 2.28. The van der Waals surface area contributed by atoms with Gasteiger partial charge in [0.1, 0.15) is 0 Å². The predicted octanol–water partition coefficient (Wildman–Crippen LogP) is 1.68. The van der Waals surface area contributed by atoms with E-state index in [1.807, 2.05) is 13.0 Å². The van der Waals surface area contributed by atoms with Crippen LogP contribution in [0.5, 0.6) is 0 Å². The zero-order valence-electron chi connectivity index (χ0n) is 11.1. The normalized spacial score (nSPS) is 18.1. The van der Waals surface area contributed by atoms with Crippen molar-refractivity contribution in [1.82, 2.24) is 15.2 Å². The summed E-state index contributed by atoms with van der Waals surface area (Å²) in [5, 5.41) is 3.34. The van der Waals surface area contributed by atoms with E-state index in [0.29, 0.717) is 0 Å². The third kappa shape index (κ3) is 3.51. The van der Waals surface area contributed by atoms with Gasteiger partial charge in [-0.3, -0.25) is 4.98 Å². The standard InChI is InChI=1S/C14H23N3/c1-11(13-7-15-8-13)9-17(3)10-14-6-4-5-12(2)16-14/h4-6,11,13,15H,7-10H2,1-3H3. The summed E-state index contributed by atoms with van der Waals surface area (Å²) in [6.07, 6.45) is 0. The first-order valence-corrected chi connectivity index (χ1v) is 6.47. The lowest BCUT2D eigenvalue weighted by Crippen LogP contribution is -2.47. The topological polar surface area (TPSA) is 28.2 Å². The fraction of sp³-hybridized carbons (Fsp3) is 0.643. The molecule has 1 N–H and O–H groups in total. The van der Waals surface area contributed by atoms with E-state index in [0.717, 1.165) is 30.6 Å². The van der Waals surface area contributed by atoms with Crippen molar-refractivity contribution >= 4 is 0 Å². The minimum atomic E-state index is 0.769. The summed E-state index contributed by atoms with van der Waals surface area (Å²) >= 11 is 0. The van der Waals surface area contributed by atoms with Gasteiger partial charge < -0.3 is 10.2 Å². The minimum Gasteiger partial charge on any atom is -0.316 e. The molecule has 0 bridgehead atoms. The maximum absolute atomic E-state index is 4.55. The molecule has 1 aliphatic heterocycles. The average molecular weight is 233 g/mol. The molecule has 1 aromatic heterocycles. The Morgan fingerprint density at radius 1 is 1.47 bits per heavy atom. The summed E-state index contributed by atoms with van der Waals surface area (Å²) in [6.45, 7) is 8.89. The second kappa shape index (κ2) is 5.61. The van der Waals surface area contributed by atoms with Crippen LogP contribution >= 0.6 is 0 Å². The van der Waals surface area contributed by atoms with Gasteiger partial charge in [0.05, 0.1) is 5.69 Å². The summed E-state index contributed by atoms with van der Waals surface area (Å²) in [7, 11) is 2.19. The first-order valence-electron chi connectivity index (χ1n) is 6.47. The molecule has 17 heavy (non-hydrogen) atoms. The Balaban J connectivity index is 1.81. The zero-order valence-corrected chi connectivity index (χ0v) is 11.1. The molecule has 1 aliphatic rings. The van der Waals surface area contributed by atoms with Crippen LogP contribution in [0.4, 0.5) is 0 Å². The Kier molecular flexibility index (Phi) is 4.13. The highest BCUT2D eigenvalue weighted by molar-refractivity contribution is 5.09. The lowest BCUT2D eigenvalue weighted by molar-refractivity contribution is 0.181. The number of nitrogens with one attached hydrogen (secondary N) is 1. The Morgan fingerprint density at radius 3 is 2.82 bits per heavy atom. The fourth-order valence-electron chi connectivity index (χ4n) is 2.38. The molecule has 0 radical (unpaired) electrons. The molecule has 1 saturated heterocycles. The number of nitrogens with zero attached hydrogens (tertiary/aromatic N) is 2. The van der Waals surface area contributed by atoms with Gasteiger partial charge in [-0.15, -0.1) is 0 Å². The lowest BCUT2D eigenvalue weighted by Gasteiger charge is -2.34. The summed E-state index contributed by atoms with van der Waals surface area (Å²) < 4.78 is 0. The number of hydrogen-bond donors (Lipinski definition) is 1. The molecule has 0 saturated carbocycles. The van der Waals surface area contributed by atoms with Crippen LogP contribution in [-0.4, -0.2) is 36.6 Å². The molecule has 94 valence electrons. The SMILES string of the molecule is Cc1cccc(CN(C)CC(C)C2CNC2)n1. The number of aryl methyl sites for hydroxylation is 1. The Hall–Kier alpha value is -0.930. The molecule has 3 heteroatoms. The molecule has 0 aliphatic carbocycles. The van der Waals surface area contributed by atoms with Gasteiger partial charge in [-0.05, 0) is 51.0 Å². The van der Waals surface area contributed by atoms with Gasteiger partial charge in [0.25, 0.3) is 0 Å². The smallest absolute Gasteiger partial charge is 0.0547 e. The second-order valence-electron chi connectivity index (χ2n) is 5.36. The molecule has 1 atom stereocenters. The largest absolute Gasteiger partial charge is 0.316 e. The van der Waals surface area contributed by atoms with Crippen molar-refractivity contribution < 1.29 is 0 Å². The van der Waals surface area contributed by atoms with Gasteiger partial charge in [-0.2, -0.15) is 0 Å².